The lowest BCUT2D eigenvalue weighted by Gasteiger charge is -2.21. The fourth-order valence-electron chi connectivity index (χ4n) is 2.87. The molecule has 4 nitrogen and oxygen atoms in total. The van der Waals surface area contributed by atoms with Crippen molar-refractivity contribution >= 4 is 23.0 Å². The average molecular weight is 342 g/mol. The van der Waals surface area contributed by atoms with Gasteiger partial charge in [-0.2, -0.15) is 0 Å². The van der Waals surface area contributed by atoms with Gasteiger partial charge in [-0.3, -0.25) is 0 Å². The van der Waals surface area contributed by atoms with Crippen LogP contribution in [0, 0.1) is 13.8 Å². The Morgan fingerprint density at radius 3 is 2.54 bits per heavy atom. The van der Waals surface area contributed by atoms with Gasteiger partial charge in [-0.15, -0.1) is 0 Å². The topological polar surface area (TPSA) is 42.5 Å². The van der Waals surface area contributed by atoms with Crippen molar-refractivity contribution in [2.75, 3.05) is 18.5 Å². The van der Waals surface area contributed by atoms with E-state index in [-0.39, 0.29) is 6.04 Å². The summed E-state index contributed by atoms with van der Waals surface area (Å²) in [4.78, 5) is 0. The van der Waals surface area contributed by atoms with Gasteiger partial charge in [0.1, 0.15) is 13.2 Å². The zero-order valence-corrected chi connectivity index (χ0v) is 15.0. The molecule has 0 aliphatic carbocycles. The number of rotatable bonds is 3. The summed E-state index contributed by atoms with van der Waals surface area (Å²) in [5.41, 5.74) is 4.65. The number of hydrogen-bond acceptors (Lipinski definition) is 3. The highest BCUT2D eigenvalue weighted by Crippen LogP contribution is 2.32. The minimum atomic E-state index is 0.128. The summed E-state index contributed by atoms with van der Waals surface area (Å²) in [6.07, 6.45) is 0. The minimum absolute atomic E-state index is 0.128. The van der Waals surface area contributed by atoms with Gasteiger partial charge in [-0.1, -0.05) is 23.8 Å². The Bertz CT molecular complexity index is 761. The number of benzene rings is 2. The molecule has 0 spiro atoms. The summed E-state index contributed by atoms with van der Waals surface area (Å²) in [5, 5.41) is 7.12. The fraction of sp³-hybridized carbons (Fsp3) is 0.316. The largest absolute Gasteiger partial charge is 0.486 e. The van der Waals surface area contributed by atoms with Crippen molar-refractivity contribution in [1.29, 1.82) is 0 Å². The van der Waals surface area contributed by atoms with E-state index in [0.29, 0.717) is 18.3 Å². The Hall–Kier alpha value is -2.27. The van der Waals surface area contributed by atoms with Gasteiger partial charge < -0.3 is 20.1 Å². The summed E-state index contributed by atoms with van der Waals surface area (Å²) in [6, 6.07) is 12.3. The number of anilines is 1. The molecule has 0 saturated carbocycles. The minimum Gasteiger partial charge on any atom is -0.486 e. The van der Waals surface area contributed by atoms with Gasteiger partial charge in [0.15, 0.2) is 16.6 Å². The standard InChI is InChI=1S/C19H22N2O2S/c1-12-4-6-16(13(2)10-12)14(3)20-19(24)21-15-5-7-17-18(11-15)23-9-8-22-17/h4-7,10-11,14H,8-9H2,1-3H3,(H2,20,21,24). The quantitative estimate of drug-likeness (QED) is 0.821. The molecule has 0 bridgehead atoms. The number of nitrogens with one attached hydrogen (secondary N) is 2. The molecule has 2 N–H and O–H groups in total. The zero-order chi connectivity index (χ0) is 17.1. The zero-order valence-electron chi connectivity index (χ0n) is 14.2. The van der Waals surface area contributed by atoms with E-state index >= 15 is 0 Å². The Kier molecular flexibility index (Phi) is 4.90. The number of hydrogen-bond donors (Lipinski definition) is 2. The highest BCUT2D eigenvalue weighted by Gasteiger charge is 2.13. The van der Waals surface area contributed by atoms with Crippen LogP contribution in [-0.4, -0.2) is 18.3 Å². The van der Waals surface area contributed by atoms with Gasteiger partial charge in [0.25, 0.3) is 0 Å². The van der Waals surface area contributed by atoms with Crippen LogP contribution in [-0.2, 0) is 0 Å². The molecule has 1 aliphatic heterocycles. The lowest BCUT2D eigenvalue weighted by Crippen LogP contribution is -2.31. The van der Waals surface area contributed by atoms with Gasteiger partial charge in [0.05, 0.1) is 6.04 Å². The molecule has 0 saturated heterocycles. The van der Waals surface area contributed by atoms with Crippen LogP contribution in [0.15, 0.2) is 36.4 Å². The number of thiocarbonyl (C=S) groups is 1. The molecule has 24 heavy (non-hydrogen) atoms. The van der Waals surface area contributed by atoms with Gasteiger partial charge in [-0.05, 0) is 56.2 Å². The molecule has 3 rings (SSSR count). The van der Waals surface area contributed by atoms with Crippen LogP contribution in [0.25, 0.3) is 0 Å². The fourth-order valence-corrected chi connectivity index (χ4v) is 3.17. The molecule has 2 aromatic rings. The van der Waals surface area contributed by atoms with Crippen LogP contribution in [0.5, 0.6) is 11.5 Å². The first-order valence-corrected chi connectivity index (χ1v) is 8.48. The molecule has 1 atom stereocenters. The molecule has 1 heterocycles. The van der Waals surface area contributed by atoms with E-state index in [0.717, 1.165) is 17.2 Å². The molecular formula is C19H22N2O2S. The van der Waals surface area contributed by atoms with Crippen LogP contribution >= 0.6 is 12.2 Å². The molecule has 5 heteroatoms. The van der Waals surface area contributed by atoms with Crippen LogP contribution in [0.2, 0.25) is 0 Å². The SMILES string of the molecule is Cc1ccc(C(C)NC(=S)Nc2ccc3c(c2)OCCO3)c(C)c1. The molecule has 0 radical (unpaired) electrons. The van der Waals surface area contributed by atoms with E-state index in [4.69, 9.17) is 21.7 Å². The maximum absolute atomic E-state index is 5.59. The normalized spacial score (nSPS) is 14.0. The van der Waals surface area contributed by atoms with Crippen molar-refractivity contribution in [2.45, 2.75) is 26.8 Å². The summed E-state index contributed by atoms with van der Waals surface area (Å²) >= 11 is 5.44. The highest BCUT2D eigenvalue weighted by atomic mass is 32.1. The molecule has 0 aromatic heterocycles. The molecule has 126 valence electrons. The average Bonchev–Trinajstić information content (AvgIpc) is 2.54. The van der Waals surface area contributed by atoms with Crippen molar-refractivity contribution < 1.29 is 9.47 Å². The monoisotopic (exact) mass is 342 g/mol. The molecule has 0 fully saturated rings. The first kappa shape index (κ1) is 16.6. The molecule has 1 unspecified atom stereocenters. The summed E-state index contributed by atoms with van der Waals surface area (Å²) in [7, 11) is 0. The second kappa shape index (κ2) is 7.09. The molecule has 2 aromatic carbocycles. The van der Waals surface area contributed by atoms with Crippen LogP contribution in [0.3, 0.4) is 0 Å². The molecule has 1 aliphatic rings. The maximum atomic E-state index is 5.59. The first-order chi connectivity index (χ1) is 11.5. The van der Waals surface area contributed by atoms with Crippen molar-refractivity contribution in [1.82, 2.24) is 5.32 Å². The van der Waals surface area contributed by atoms with E-state index < -0.39 is 0 Å². The molecular weight excluding hydrogens is 320 g/mol. The second-order valence-electron chi connectivity index (χ2n) is 6.04. The van der Waals surface area contributed by atoms with Crippen molar-refractivity contribution in [3.8, 4) is 11.5 Å². The van der Waals surface area contributed by atoms with Crippen LogP contribution in [0.4, 0.5) is 5.69 Å². The van der Waals surface area contributed by atoms with Crippen LogP contribution in [0.1, 0.15) is 29.7 Å². The number of ether oxygens (including phenoxy) is 2. The van der Waals surface area contributed by atoms with Crippen molar-refractivity contribution in [3.63, 3.8) is 0 Å². The van der Waals surface area contributed by atoms with Crippen LogP contribution < -0.4 is 20.1 Å². The van der Waals surface area contributed by atoms with Gasteiger partial charge >= 0.3 is 0 Å². The highest BCUT2D eigenvalue weighted by molar-refractivity contribution is 7.80. The number of aryl methyl sites for hydroxylation is 2. The van der Waals surface area contributed by atoms with Gasteiger partial charge in [0, 0.05) is 11.8 Å². The van der Waals surface area contributed by atoms with Crippen molar-refractivity contribution in [3.05, 3.63) is 53.1 Å². The Morgan fingerprint density at radius 1 is 1.04 bits per heavy atom. The maximum Gasteiger partial charge on any atom is 0.171 e. The lowest BCUT2D eigenvalue weighted by atomic mass is 10.0. The predicted octanol–water partition coefficient (Wildman–Crippen LogP) is 4.12. The Morgan fingerprint density at radius 2 is 1.79 bits per heavy atom. The van der Waals surface area contributed by atoms with E-state index in [1.807, 2.05) is 18.2 Å². The van der Waals surface area contributed by atoms with Gasteiger partial charge in [-0.25, -0.2) is 0 Å². The summed E-state index contributed by atoms with van der Waals surface area (Å²) in [5.74, 6) is 1.52. The summed E-state index contributed by atoms with van der Waals surface area (Å²) < 4.78 is 11.1. The van der Waals surface area contributed by atoms with E-state index in [1.54, 1.807) is 0 Å². The van der Waals surface area contributed by atoms with Gasteiger partial charge in [0.2, 0.25) is 0 Å². The number of fused-ring (bicyclic) bond motifs is 1. The third-order valence-electron chi connectivity index (χ3n) is 4.04. The second-order valence-corrected chi connectivity index (χ2v) is 6.45. The van der Waals surface area contributed by atoms with E-state index in [9.17, 15) is 0 Å². The predicted molar refractivity (Wildman–Crippen MR) is 101 cm³/mol. The third-order valence-corrected chi connectivity index (χ3v) is 4.26. The smallest absolute Gasteiger partial charge is 0.171 e. The van der Waals surface area contributed by atoms with Crippen molar-refractivity contribution in [2.24, 2.45) is 0 Å². The van der Waals surface area contributed by atoms with E-state index in [1.165, 1.54) is 16.7 Å². The lowest BCUT2D eigenvalue weighted by molar-refractivity contribution is 0.171. The van der Waals surface area contributed by atoms with E-state index in [2.05, 4.69) is 49.6 Å². The third kappa shape index (κ3) is 3.79. The molecule has 0 amide bonds. The summed E-state index contributed by atoms with van der Waals surface area (Å²) in [6.45, 7) is 7.49. The Balaban J connectivity index is 1.65. The first-order valence-electron chi connectivity index (χ1n) is 8.07. The Labute approximate surface area is 148 Å².